The number of rotatable bonds is 7. The van der Waals surface area contributed by atoms with E-state index in [1.54, 1.807) is 27.5 Å². The smallest absolute Gasteiger partial charge is 0.250 e. The van der Waals surface area contributed by atoms with Crippen LogP contribution in [-0.4, -0.2) is 70.8 Å². The third-order valence-electron chi connectivity index (χ3n) is 7.64. The molecule has 0 saturated carbocycles. The molecule has 2 amide bonds. The third kappa shape index (κ3) is 5.16. The lowest BCUT2D eigenvalue weighted by Crippen LogP contribution is -2.45. The number of nitrogens with zero attached hydrogens (tertiary/aromatic N) is 6. The number of likely N-dealkylation sites (tertiary alicyclic amines) is 1. The maximum Gasteiger partial charge on any atom is 0.250 e. The van der Waals surface area contributed by atoms with Gasteiger partial charge in [0, 0.05) is 65.4 Å². The molecule has 41 heavy (non-hydrogen) atoms. The summed E-state index contributed by atoms with van der Waals surface area (Å²) >= 11 is 0. The molecule has 6 rings (SSSR count). The van der Waals surface area contributed by atoms with Crippen LogP contribution in [-0.2, 0) is 17.8 Å². The number of carbonyl (C=O) groups excluding carboxylic acids is 2. The Morgan fingerprint density at radius 2 is 1.95 bits per heavy atom. The Labute approximate surface area is 235 Å². The van der Waals surface area contributed by atoms with Gasteiger partial charge in [-0.15, -0.1) is 0 Å². The Balaban J connectivity index is 1.27. The molecule has 1 fully saturated rings. The number of aliphatic hydroxyl groups excluding tert-OH is 1. The Kier molecular flexibility index (Phi) is 6.74. The zero-order valence-corrected chi connectivity index (χ0v) is 22.7. The number of aromatic nitrogens is 5. The van der Waals surface area contributed by atoms with Crippen molar-refractivity contribution in [3.8, 4) is 11.1 Å². The second-order valence-electron chi connectivity index (χ2n) is 10.7. The van der Waals surface area contributed by atoms with Crippen LogP contribution in [0.15, 0.2) is 61.1 Å². The minimum atomic E-state index is -1.24. The van der Waals surface area contributed by atoms with Crippen molar-refractivity contribution in [2.45, 2.75) is 51.6 Å². The van der Waals surface area contributed by atoms with E-state index in [1.807, 2.05) is 56.4 Å². The van der Waals surface area contributed by atoms with Crippen LogP contribution in [0.3, 0.4) is 0 Å². The van der Waals surface area contributed by atoms with Gasteiger partial charge in [0.05, 0.1) is 29.9 Å². The van der Waals surface area contributed by atoms with Crippen molar-refractivity contribution < 1.29 is 19.1 Å². The molecule has 0 radical (unpaired) electrons. The number of aryl methyl sites for hydroxylation is 2. The monoisotopic (exact) mass is 555 g/mol. The summed E-state index contributed by atoms with van der Waals surface area (Å²) < 4.78 is 17.9. The number of halogens is 1. The van der Waals surface area contributed by atoms with Crippen molar-refractivity contribution in [1.82, 2.24) is 29.0 Å². The number of aliphatic hydroxyl groups is 1. The molecule has 3 atom stereocenters. The second kappa shape index (κ2) is 10.4. The summed E-state index contributed by atoms with van der Waals surface area (Å²) in [6, 6.07) is 12.2. The Morgan fingerprint density at radius 3 is 2.73 bits per heavy atom. The van der Waals surface area contributed by atoms with Crippen LogP contribution in [0.4, 0.5) is 4.39 Å². The Bertz CT molecular complexity index is 1800. The molecule has 5 heterocycles. The van der Waals surface area contributed by atoms with E-state index in [0.717, 1.165) is 28.2 Å². The quantitative estimate of drug-likeness (QED) is 0.317. The van der Waals surface area contributed by atoms with Gasteiger partial charge in [-0.3, -0.25) is 14.6 Å². The molecule has 11 heteroatoms. The van der Waals surface area contributed by atoms with Gasteiger partial charge in [-0.1, -0.05) is 12.1 Å². The lowest BCUT2D eigenvalue weighted by Gasteiger charge is -2.28. The van der Waals surface area contributed by atoms with E-state index in [4.69, 9.17) is 5.73 Å². The Morgan fingerprint density at radius 1 is 1.12 bits per heavy atom. The molecule has 210 valence electrons. The number of fused-ring (bicyclic) bond motifs is 2. The molecule has 5 aromatic rings. The lowest BCUT2D eigenvalue weighted by atomic mass is 10.0. The number of primary amides is 1. The van der Waals surface area contributed by atoms with Crippen molar-refractivity contribution in [2.24, 2.45) is 5.73 Å². The van der Waals surface area contributed by atoms with Crippen molar-refractivity contribution >= 4 is 28.4 Å². The first-order valence-corrected chi connectivity index (χ1v) is 13.5. The number of pyridine rings is 1. The van der Waals surface area contributed by atoms with E-state index in [1.165, 1.54) is 4.90 Å². The predicted octanol–water partition coefficient (Wildman–Crippen LogP) is 3.00. The molecule has 1 unspecified atom stereocenters. The first-order chi connectivity index (χ1) is 19.7. The van der Waals surface area contributed by atoms with Gasteiger partial charge in [-0.05, 0) is 43.7 Å². The highest BCUT2D eigenvalue weighted by molar-refractivity contribution is 6.07. The maximum atomic E-state index is 14.6. The molecule has 1 aliphatic rings. The van der Waals surface area contributed by atoms with E-state index in [9.17, 15) is 19.1 Å². The van der Waals surface area contributed by atoms with Gasteiger partial charge < -0.3 is 20.3 Å². The summed E-state index contributed by atoms with van der Waals surface area (Å²) in [5.74, 6) is -0.981. The number of hydrogen-bond acceptors (Lipinski definition) is 6. The van der Waals surface area contributed by atoms with Crippen LogP contribution < -0.4 is 5.73 Å². The van der Waals surface area contributed by atoms with Crippen molar-refractivity contribution in [2.75, 3.05) is 6.54 Å². The zero-order valence-electron chi connectivity index (χ0n) is 22.7. The number of nitrogens with two attached hydrogens (primary N) is 1. The van der Waals surface area contributed by atoms with Gasteiger partial charge in [0.2, 0.25) is 5.91 Å². The SMILES string of the molecule is Cc1cccc(CC(O)[C@@H]2C[C@@H](F)CN2C(=O)Cn2cc(C(N)=O)c3cc(-c4cnc5cc(C)nn5c4)ccc32)n1. The van der Waals surface area contributed by atoms with Gasteiger partial charge in [-0.25, -0.2) is 13.9 Å². The number of hydrogen-bond donors (Lipinski definition) is 2. The van der Waals surface area contributed by atoms with E-state index >= 15 is 0 Å². The highest BCUT2D eigenvalue weighted by atomic mass is 19.1. The maximum absolute atomic E-state index is 14.6. The largest absolute Gasteiger partial charge is 0.391 e. The topological polar surface area (TPSA) is 132 Å². The molecule has 0 spiro atoms. The molecule has 1 saturated heterocycles. The first-order valence-electron chi connectivity index (χ1n) is 13.5. The number of amides is 2. The molecule has 0 bridgehead atoms. The minimum absolute atomic E-state index is 0.0508. The fourth-order valence-electron chi connectivity index (χ4n) is 5.71. The standard InChI is InChI=1S/C30H30FN7O3/c1-17-4-3-5-22(34-17)11-27(39)26-10-21(31)14-37(26)29(40)16-36-15-24(30(32)41)23-9-19(6-7-25(23)36)20-12-33-28-8-18(2)35-38(28)13-20/h3-9,12-13,15,21,26-27,39H,10-11,14,16H2,1-2H3,(H2,32,41)/t21-,26+,27?/m1/s1. The highest BCUT2D eigenvalue weighted by Gasteiger charge is 2.39. The summed E-state index contributed by atoms with van der Waals surface area (Å²) in [7, 11) is 0. The van der Waals surface area contributed by atoms with Gasteiger partial charge in [0.1, 0.15) is 12.7 Å². The number of alkyl halides is 1. The summed E-state index contributed by atoms with van der Waals surface area (Å²) in [4.78, 5) is 36.2. The average molecular weight is 556 g/mol. The van der Waals surface area contributed by atoms with Gasteiger partial charge in [0.15, 0.2) is 5.65 Å². The van der Waals surface area contributed by atoms with Crippen molar-refractivity contribution in [3.05, 3.63) is 83.7 Å². The van der Waals surface area contributed by atoms with Crippen LogP contribution in [0.25, 0.3) is 27.7 Å². The van der Waals surface area contributed by atoms with Gasteiger partial charge in [-0.2, -0.15) is 5.10 Å². The molecule has 0 aliphatic carbocycles. The van der Waals surface area contributed by atoms with Crippen LogP contribution in [0, 0.1) is 13.8 Å². The number of carbonyl (C=O) groups is 2. The van der Waals surface area contributed by atoms with Crippen LogP contribution in [0.2, 0.25) is 0 Å². The van der Waals surface area contributed by atoms with E-state index < -0.39 is 24.2 Å². The molecule has 4 aromatic heterocycles. The first kappa shape index (κ1) is 26.6. The summed E-state index contributed by atoms with van der Waals surface area (Å²) in [5.41, 5.74) is 11.3. The van der Waals surface area contributed by atoms with Crippen LogP contribution in [0.1, 0.15) is 33.9 Å². The van der Waals surface area contributed by atoms with Gasteiger partial charge >= 0.3 is 0 Å². The highest BCUT2D eigenvalue weighted by Crippen LogP contribution is 2.30. The molecule has 3 N–H and O–H groups in total. The van der Waals surface area contributed by atoms with E-state index in [0.29, 0.717) is 16.6 Å². The zero-order chi connectivity index (χ0) is 28.8. The second-order valence-corrected chi connectivity index (χ2v) is 10.7. The molecule has 10 nitrogen and oxygen atoms in total. The summed E-state index contributed by atoms with van der Waals surface area (Å²) in [5, 5.41) is 16.0. The lowest BCUT2D eigenvalue weighted by molar-refractivity contribution is -0.134. The fraction of sp³-hybridized carbons (Fsp3) is 0.300. The van der Waals surface area contributed by atoms with E-state index in [2.05, 4.69) is 15.1 Å². The molecule has 1 aromatic carbocycles. The van der Waals surface area contributed by atoms with Gasteiger partial charge in [0.25, 0.3) is 5.91 Å². The Hall–Kier alpha value is -4.64. The van der Waals surface area contributed by atoms with Crippen molar-refractivity contribution in [1.29, 1.82) is 0 Å². The van der Waals surface area contributed by atoms with Crippen molar-refractivity contribution in [3.63, 3.8) is 0 Å². The summed E-state index contributed by atoms with van der Waals surface area (Å²) in [6.07, 6.45) is 3.21. The third-order valence-corrected chi connectivity index (χ3v) is 7.64. The molecular weight excluding hydrogens is 525 g/mol. The average Bonchev–Trinajstić information content (AvgIpc) is 3.62. The normalized spacial score (nSPS) is 17.9. The molecular formula is C30H30FN7O3. The van der Waals surface area contributed by atoms with Crippen LogP contribution >= 0.6 is 0 Å². The fourth-order valence-corrected chi connectivity index (χ4v) is 5.71. The van der Waals surface area contributed by atoms with Crippen LogP contribution in [0.5, 0.6) is 0 Å². The minimum Gasteiger partial charge on any atom is -0.391 e. The molecule has 1 aliphatic heterocycles. The number of benzene rings is 1. The predicted molar refractivity (Wildman–Crippen MR) is 151 cm³/mol. The summed E-state index contributed by atoms with van der Waals surface area (Å²) in [6.45, 7) is 3.51. The van der Waals surface area contributed by atoms with E-state index in [-0.39, 0.29) is 37.4 Å².